The number of aryl methyl sites for hydroxylation is 1. The van der Waals surface area contributed by atoms with Crippen LogP contribution in [-0.2, 0) is 10.2 Å². The molecule has 0 aliphatic carbocycles. The van der Waals surface area contributed by atoms with Gasteiger partial charge in [0.15, 0.2) is 12.4 Å². The van der Waals surface area contributed by atoms with Gasteiger partial charge in [-0.25, -0.2) is 10.1 Å². The molecule has 0 bridgehead atoms. The van der Waals surface area contributed by atoms with Crippen molar-refractivity contribution in [1.29, 1.82) is 0 Å². The molecular formula is C27H33N5O5. The van der Waals surface area contributed by atoms with E-state index >= 15 is 0 Å². The van der Waals surface area contributed by atoms with E-state index in [1.165, 1.54) is 23.0 Å². The number of H-pyrrole nitrogens is 1. The van der Waals surface area contributed by atoms with Gasteiger partial charge in [-0.05, 0) is 47.9 Å². The summed E-state index contributed by atoms with van der Waals surface area (Å²) in [5.74, 6) is -0.633. The molecule has 0 unspecified atom stereocenters. The smallest absolute Gasteiger partial charge is 0.311 e. The number of aromatic nitrogens is 2. The van der Waals surface area contributed by atoms with Gasteiger partial charge in [-0.3, -0.25) is 24.8 Å². The van der Waals surface area contributed by atoms with Crippen LogP contribution < -0.4 is 15.7 Å². The van der Waals surface area contributed by atoms with Crippen LogP contribution in [0.2, 0.25) is 0 Å². The lowest BCUT2D eigenvalue weighted by atomic mass is 9.72. The van der Waals surface area contributed by atoms with Crippen molar-refractivity contribution < 1.29 is 14.5 Å². The fourth-order valence-corrected chi connectivity index (χ4v) is 4.45. The number of hydrogen-bond donors (Lipinski definition) is 2. The van der Waals surface area contributed by atoms with Gasteiger partial charge < -0.3 is 4.74 Å². The zero-order valence-corrected chi connectivity index (χ0v) is 22.0. The first-order chi connectivity index (χ1) is 17.3. The summed E-state index contributed by atoms with van der Waals surface area (Å²) in [6.07, 6.45) is 2.08. The molecule has 10 nitrogen and oxygen atoms in total. The van der Waals surface area contributed by atoms with Crippen molar-refractivity contribution >= 4 is 17.8 Å². The molecule has 0 aliphatic rings. The second-order valence-corrected chi connectivity index (χ2v) is 10.8. The number of hydrogen-bond acceptors (Lipinski definition) is 6. The van der Waals surface area contributed by atoms with Crippen molar-refractivity contribution in [1.82, 2.24) is 15.2 Å². The van der Waals surface area contributed by atoms with Gasteiger partial charge in [-0.1, -0.05) is 58.9 Å². The molecule has 1 heterocycles. The first kappa shape index (κ1) is 27.4. The molecule has 2 aromatic carbocycles. The quantitative estimate of drug-likeness (QED) is 0.248. The van der Waals surface area contributed by atoms with Gasteiger partial charge in [0.1, 0.15) is 0 Å². The number of nitrogens with one attached hydrogen (secondary N) is 2. The van der Waals surface area contributed by atoms with E-state index in [-0.39, 0.29) is 33.4 Å². The maximum absolute atomic E-state index is 12.7. The van der Waals surface area contributed by atoms with Crippen LogP contribution in [-0.4, -0.2) is 33.4 Å². The zero-order valence-electron chi connectivity index (χ0n) is 22.0. The van der Waals surface area contributed by atoms with E-state index in [0.717, 1.165) is 12.0 Å². The third-order valence-corrected chi connectivity index (χ3v) is 5.78. The van der Waals surface area contributed by atoms with Crippen LogP contribution in [0.3, 0.4) is 0 Å². The fraction of sp³-hybridized carbons (Fsp3) is 0.370. The Labute approximate surface area is 215 Å². The standard InChI is InChI=1S/C27H33N5O5/c1-18-21(25(34)31(30-18)20-10-8-7-9-11-20)15-28-29-24(33)16-37-23-13-12-19(14-22(23)32(35)36)27(5,6)17-26(2,3)4/h7-15,30H,16-17H2,1-6H3,(H,29,33). The lowest BCUT2D eigenvalue weighted by Crippen LogP contribution is -2.26. The number of nitro benzene ring substituents is 1. The largest absolute Gasteiger partial charge is 0.477 e. The summed E-state index contributed by atoms with van der Waals surface area (Å²) in [7, 11) is 0. The van der Waals surface area contributed by atoms with E-state index in [1.807, 2.05) is 32.0 Å². The van der Waals surface area contributed by atoms with Crippen molar-refractivity contribution in [2.24, 2.45) is 10.5 Å². The molecule has 0 spiro atoms. The second kappa shape index (κ2) is 10.8. The average Bonchev–Trinajstić information content (AvgIpc) is 3.10. The van der Waals surface area contributed by atoms with Crippen molar-refractivity contribution in [2.75, 3.05) is 6.61 Å². The number of benzene rings is 2. The molecule has 0 saturated carbocycles. The third-order valence-electron chi connectivity index (χ3n) is 5.78. The molecule has 1 amide bonds. The van der Waals surface area contributed by atoms with Crippen molar-refractivity contribution in [2.45, 2.75) is 53.4 Å². The van der Waals surface area contributed by atoms with Crippen LogP contribution in [0.4, 0.5) is 5.69 Å². The minimum atomic E-state index is -0.626. The lowest BCUT2D eigenvalue weighted by molar-refractivity contribution is -0.385. The van der Waals surface area contributed by atoms with Gasteiger partial charge in [0, 0.05) is 11.8 Å². The van der Waals surface area contributed by atoms with Crippen LogP contribution in [0, 0.1) is 22.5 Å². The Morgan fingerprint density at radius 2 is 1.84 bits per heavy atom. The Balaban J connectivity index is 1.67. The summed E-state index contributed by atoms with van der Waals surface area (Å²) < 4.78 is 6.82. The first-order valence-corrected chi connectivity index (χ1v) is 11.9. The molecule has 3 rings (SSSR count). The highest BCUT2D eigenvalue weighted by Crippen LogP contribution is 2.39. The summed E-state index contributed by atoms with van der Waals surface area (Å²) in [6, 6.07) is 13.9. The van der Waals surface area contributed by atoms with Crippen molar-refractivity contribution in [3.05, 3.63) is 85.8 Å². The zero-order chi connectivity index (χ0) is 27.4. The van der Waals surface area contributed by atoms with E-state index in [0.29, 0.717) is 11.4 Å². The van der Waals surface area contributed by atoms with Crippen molar-refractivity contribution in [3.63, 3.8) is 0 Å². The fourth-order valence-electron chi connectivity index (χ4n) is 4.45. The molecule has 196 valence electrons. The first-order valence-electron chi connectivity index (χ1n) is 11.9. The number of rotatable bonds is 9. The molecule has 10 heteroatoms. The SMILES string of the molecule is Cc1[nH]n(-c2ccccc2)c(=O)c1C=NNC(=O)COc1ccc(C(C)(C)CC(C)(C)C)cc1[N+](=O)[O-]. The third kappa shape index (κ3) is 6.93. The molecule has 0 saturated heterocycles. The second-order valence-electron chi connectivity index (χ2n) is 10.8. The van der Waals surface area contributed by atoms with E-state index in [1.54, 1.807) is 25.1 Å². The minimum Gasteiger partial charge on any atom is -0.477 e. The van der Waals surface area contributed by atoms with E-state index < -0.39 is 17.4 Å². The van der Waals surface area contributed by atoms with Crippen LogP contribution in [0.25, 0.3) is 5.69 Å². The van der Waals surface area contributed by atoms with Gasteiger partial charge in [-0.2, -0.15) is 5.10 Å². The number of amides is 1. The maximum Gasteiger partial charge on any atom is 0.311 e. The predicted octanol–water partition coefficient (Wildman–Crippen LogP) is 4.63. The van der Waals surface area contributed by atoms with Crippen LogP contribution in [0.1, 0.15) is 57.9 Å². The number of nitrogens with zero attached hydrogens (tertiary/aromatic N) is 3. The lowest BCUT2D eigenvalue weighted by Gasteiger charge is -2.33. The Morgan fingerprint density at radius 3 is 2.46 bits per heavy atom. The number of aromatic amines is 1. The highest BCUT2D eigenvalue weighted by Gasteiger charge is 2.30. The average molecular weight is 508 g/mol. The van der Waals surface area contributed by atoms with E-state index in [2.05, 4.69) is 36.4 Å². The Kier molecular flexibility index (Phi) is 8.00. The van der Waals surface area contributed by atoms with Gasteiger partial charge in [-0.15, -0.1) is 0 Å². The number of carbonyl (C=O) groups excluding carboxylic acids is 1. The highest BCUT2D eigenvalue weighted by atomic mass is 16.6. The molecule has 1 aromatic heterocycles. The summed E-state index contributed by atoms with van der Waals surface area (Å²) >= 11 is 0. The molecule has 37 heavy (non-hydrogen) atoms. The van der Waals surface area contributed by atoms with Gasteiger partial charge >= 0.3 is 5.69 Å². The summed E-state index contributed by atoms with van der Waals surface area (Å²) in [5, 5.41) is 18.5. The number of nitro groups is 1. The molecule has 2 N–H and O–H groups in total. The molecular weight excluding hydrogens is 474 g/mol. The normalized spacial score (nSPS) is 12.1. The number of ether oxygens (including phenoxy) is 1. The van der Waals surface area contributed by atoms with Crippen LogP contribution in [0.5, 0.6) is 5.75 Å². The molecule has 0 radical (unpaired) electrons. The molecule has 3 aromatic rings. The maximum atomic E-state index is 12.7. The summed E-state index contributed by atoms with van der Waals surface area (Å²) in [5.41, 5.74) is 3.87. The topological polar surface area (TPSA) is 132 Å². The van der Waals surface area contributed by atoms with E-state index in [9.17, 15) is 19.7 Å². The van der Waals surface area contributed by atoms with Crippen LogP contribution >= 0.6 is 0 Å². The molecule has 0 fully saturated rings. The predicted molar refractivity (Wildman–Crippen MR) is 143 cm³/mol. The Bertz CT molecular complexity index is 1360. The van der Waals surface area contributed by atoms with Gasteiger partial charge in [0.2, 0.25) is 0 Å². The van der Waals surface area contributed by atoms with Gasteiger partial charge in [0.25, 0.3) is 11.5 Å². The highest BCUT2D eigenvalue weighted by molar-refractivity contribution is 5.83. The molecule has 0 atom stereocenters. The Morgan fingerprint density at radius 1 is 1.16 bits per heavy atom. The number of hydrazone groups is 1. The van der Waals surface area contributed by atoms with Crippen LogP contribution in [0.15, 0.2) is 58.4 Å². The monoisotopic (exact) mass is 507 g/mol. The molecule has 0 aliphatic heterocycles. The summed E-state index contributed by atoms with van der Waals surface area (Å²) in [6.45, 7) is 11.7. The summed E-state index contributed by atoms with van der Waals surface area (Å²) in [4.78, 5) is 36.1. The van der Waals surface area contributed by atoms with Gasteiger partial charge in [0.05, 0.1) is 22.4 Å². The van der Waals surface area contributed by atoms with E-state index in [4.69, 9.17) is 4.74 Å². The minimum absolute atomic E-state index is 0.00772. The number of para-hydroxylation sites is 1. The van der Waals surface area contributed by atoms with Crippen molar-refractivity contribution in [3.8, 4) is 11.4 Å². The number of carbonyl (C=O) groups is 1. The Hall–Kier alpha value is -4.21.